The molecule has 6 rings (SSSR count). The summed E-state index contributed by atoms with van der Waals surface area (Å²) in [5.74, 6) is -0.917. The second-order valence-corrected chi connectivity index (χ2v) is 22.2. The van der Waals surface area contributed by atoms with Crippen molar-refractivity contribution in [3.8, 4) is 0 Å². The van der Waals surface area contributed by atoms with Crippen LogP contribution < -0.4 is 43.6 Å². The highest BCUT2D eigenvalue weighted by atomic mass is 33.1. The number of carboxylic acid groups (broad SMARTS) is 1. The number of pyridine rings is 1. The van der Waals surface area contributed by atoms with E-state index in [4.69, 9.17) is 35.4 Å². The molecule has 0 spiro atoms. The van der Waals surface area contributed by atoms with E-state index < -0.39 is 53.2 Å². The highest BCUT2D eigenvalue weighted by Crippen LogP contribution is 2.32. The van der Waals surface area contributed by atoms with Crippen LogP contribution in [0.15, 0.2) is 59.5 Å². The minimum Gasteiger partial charge on any atom is -0.480 e. The minimum absolute atomic E-state index is 0.0437. The standard InChI is InChI=1S/C53H72N14O13S2/c1-4-5-10-39-64-42-44(35-8-6-7-9-36(35)62-45(42)54)67(39)31-53(2,3)30-59-52(76)80-25-26-81-82-29-38(50(74)75)61-41(69)17-19-77-21-23-79-24-22-78-20-18-56-40(68)16-15-37(49(72)73)63-47(70)32-11-13-33(14-12-32)57-27-34-28-58-46-43(60-34)48(71)66-51(55)65-46/h6-9,11-14,28,37-38,49,57,72-73H,4-5,10,15-27,29-31H2,1-3H3,(H2,54,62)(H,56,68)(H,59,76)(H,61,69)(H,63,70)(H,74,75)(H3,55,58,65,66,71)/t37-,38-/m0/s1. The molecule has 0 radical (unpaired) electrons. The van der Waals surface area contributed by atoms with Crippen LogP contribution in [0.5, 0.6) is 0 Å². The number of hydrogen-bond donors (Lipinski definition) is 11. The van der Waals surface area contributed by atoms with Gasteiger partial charge < -0.3 is 76.9 Å². The maximum Gasteiger partial charge on any atom is 0.407 e. The molecule has 0 fully saturated rings. The number of benzene rings is 2. The van der Waals surface area contributed by atoms with Crippen molar-refractivity contribution >= 4 is 102 Å². The Morgan fingerprint density at radius 3 is 2.29 bits per heavy atom. The molecule has 4 aromatic heterocycles. The Balaban J connectivity index is 0.744. The number of para-hydroxylation sites is 1. The molecule has 6 aromatic rings. The first-order chi connectivity index (χ1) is 39.4. The van der Waals surface area contributed by atoms with Gasteiger partial charge in [0.05, 0.1) is 75.2 Å². The summed E-state index contributed by atoms with van der Waals surface area (Å²) >= 11 is 0. The first kappa shape index (κ1) is 63.8. The van der Waals surface area contributed by atoms with Crippen LogP contribution in [0.25, 0.3) is 33.1 Å². The molecule has 27 nitrogen and oxygen atoms in total. The summed E-state index contributed by atoms with van der Waals surface area (Å²) in [5.41, 5.74) is 14.9. The number of imidazole rings is 1. The van der Waals surface area contributed by atoms with Crippen molar-refractivity contribution in [3.05, 3.63) is 82.2 Å². The van der Waals surface area contributed by atoms with E-state index >= 15 is 0 Å². The molecule has 4 heterocycles. The molecule has 0 aliphatic carbocycles. The highest BCUT2D eigenvalue weighted by molar-refractivity contribution is 8.76. The van der Waals surface area contributed by atoms with Gasteiger partial charge in [0.15, 0.2) is 23.3 Å². The van der Waals surface area contributed by atoms with Crippen molar-refractivity contribution in [2.24, 2.45) is 5.41 Å². The number of aliphatic hydroxyl groups is 2. The smallest absolute Gasteiger partial charge is 0.407 e. The number of nitrogens with one attached hydrogen (secondary N) is 6. The fraction of sp³-hybridized carbons (Fsp3) is 0.491. The number of ether oxygens (including phenoxy) is 4. The van der Waals surface area contributed by atoms with Gasteiger partial charge >= 0.3 is 12.1 Å². The number of carbonyl (C=O) groups excluding carboxylic acids is 4. The molecular weight excluding hydrogens is 1100 g/mol. The number of aliphatic hydroxyl groups excluding tert-OH is 1. The average molecular weight is 1180 g/mol. The molecule has 0 saturated heterocycles. The van der Waals surface area contributed by atoms with E-state index in [1.807, 2.05) is 24.3 Å². The number of hydrogen-bond acceptors (Lipinski definition) is 22. The zero-order chi connectivity index (χ0) is 59.0. The zero-order valence-corrected chi connectivity index (χ0v) is 47.6. The average Bonchev–Trinajstić information content (AvgIpc) is 3.81. The van der Waals surface area contributed by atoms with Gasteiger partial charge in [0.25, 0.3) is 11.5 Å². The third-order valence-corrected chi connectivity index (χ3v) is 14.7. The van der Waals surface area contributed by atoms with Gasteiger partial charge in [0.2, 0.25) is 17.8 Å². The number of aryl methyl sites for hydroxylation is 1. The lowest BCUT2D eigenvalue weighted by Gasteiger charge is -2.27. The van der Waals surface area contributed by atoms with Gasteiger partial charge in [-0.2, -0.15) is 4.98 Å². The van der Waals surface area contributed by atoms with E-state index in [-0.39, 0.29) is 113 Å². The van der Waals surface area contributed by atoms with Crippen LogP contribution in [0.2, 0.25) is 0 Å². The van der Waals surface area contributed by atoms with Gasteiger partial charge in [0.1, 0.15) is 24.0 Å². The molecule has 0 bridgehead atoms. The van der Waals surface area contributed by atoms with Gasteiger partial charge in [-0.25, -0.2) is 29.5 Å². The van der Waals surface area contributed by atoms with Crippen molar-refractivity contribution in [1.82, 2.24) is 55.7 Å². The number of unbranched alkanes of at least 4 members (excludes halogenated alkanes) is 1. The molecule has 4 amide bonds. The molecule has 0 aliphatic rings. The third-order valence-electron chi connectivity index (χ3n) is 12.3. The topological polar surface area (TPSA) is 397 Å². The van der Waals surface area contributed by atoms with Gasteiger partial charge in [-0.05, 0) is 43.2 Å². The van der Waals surface area contributed by atoms with Crippen molar-refractivity contribution < 1.29 is 58.2 Å². The molecule has 0 saturated carbocycles. The Morgan fingerprint density at radius 2 is 1.56 bits per heavy atom. The Hall–Kier alpha value is -7.41. The number of carbonyl (C=O) groups is 5. The van der Waals surface area contributed by atoms with Crippen LogP contribution in [-0.4, -0.2) is 169 Å². The lowest BCUT2D eigenvalue weighted by atomic mass is 9.93. The summed E-state index contributed by atoms with van der Waals surface area (Å²) in [4.78, 5) is 98.7. The molecular formula is C53H72N14O13S2. The molecule has 13 N–H and O–H groups in total. The molecule has 82 heavy (non-hydrogen) atoms. The summed E-state index contributed by atoms with van der Waals surface area (Å²) in [6, 6.07) is 11.9. The normalized spacial score (nSPS) is 12.4. The van der Waals surface area contributed by atoms with Crippen molar-refractivity contribution in [3.63, 3.8) is 0 Å². The number of anilines is 3. The number of aromatic nitrogens is 7. The number of nitrogen functional groups attached to an aromatic ring is 2. The predicted octanol–water partition coefficient (Wildman–Crippen LogP) is 2.88. The van der Waals surface area contributed by atoms with Crippen LogP contribution >= 0.6 is 21.6 Å². The number of H-pyrrole nitrogens is 1. The summed E-state index contributed by atoms with van der Waals surface area (Å²) in [6.07, 6.45) is 1.50. The molecule has 2 aromatic carbocycles. The van der Waals surface area contributed by atoms with Crippen LogP contribution in [0.3, 0.4) is 0 Å². The Kier molecular flexibility index (Phi) is 25.1. The predicted molar refractivity (Wildman–Crippen MR) is 311 cm³/mol. The summed E-state index contributed by atoms with van der Waals surface area (Å²) < 4.78 is 24.0. The number of amides is 4. The largest absolute Gasteiger partial charge is 0.480 e. The van der Waals surface area contributed by atoms with Gasteiger partial charge in [-0.1, -0.05) is 67.0 Å². The lowest BCUT2D eigenvalue weighted by molar-refractivity contribution is -0.141. The van der Waals surface area contributed by atoms with E-state index in [1.54, 1.807) is 12.1 Å². The first-order valence-electron chi connectivity index (χ1n) is 26.6. The summed E-state index contributed by atoms with van der Waals surface area (Å²) in [5, 5.41) is 44.1. The van der Waals surface area contributed by atoms with Gasteiger partial charge in [-0.15, -0.1) is 0 Å². The molecule has 0 aliphatic heterocycles. The number of aromatic amines is 1. The monoisotopic (exact) mass is 1180 g/mol. The Morgan fingerprint density at radius 1 is 0.829 bits per heavy atom. The number of carboxylic acids is 1. The SMILES string of the molecule is CCCCc1nc2c(N)nc3ccccc3c2n1CC(C)(C)CNC(=O)OCCSSC[C@H](NC(=O)CCOCCOCCOCCNC(=O)CC[C@H](NC(=O)c1ccc(NCc2cnc3nc(N)[nH]c(=O)c3n2)cc1)C(O)O)C(=O)O. The minimum atomic E-state index is -1.92. The van der Waals surface area contributed by atoms with E-state index in [0.29, 0.717) is 41.6 Å². The molecule has 0 unspecified atom stereocenters. The number of rotatable bonds is 36. The Labute approximate surface area is 480 Å². The number of nitrogens with two attached hydrogens (primary N) is 2. The Bertz CT molecular complexity index is 3150. The first-order valence-corrected chi connectivity index (χ1v) is 29.1. The second-order valence-electron chi connectivity index (χ2n) is 19.5. The van der Waals surface area contributed by atoms with Crippen molar-refractivity contribution in [2.45, 2.75) is 90.8 Å². The third kappa shape index (κ3) is 20.2. The fourth-order valence-corrected chi connectivity index (χ4v) is 10.1. The summed E-state index contributed by atoms with van der Waals surface area (Å²) in [6.45, 7) is 8.71. The van der Waals surface area contributed by atoms with Crippen LogP contribution in [0, 0.1) is 5.41 Å². The molecule has 29 heteroatoms. The quantitative estimate of drug-likeness (QED) is 0.0153. The number of alkyl carbamates (subject to hydrolysis) is 1. The van der Waals surface area contributed by atoms with E-state index in [2.05, 4.69) is 76.8 Å². The van der Waals surface area contributed by atoms with Crippen molar-refractivity contribution in [2.75, 3.05) is 87.6 Å². The zero-order valence-electron chi connectivity index (χ0n) is 45.9. The highest BCUT2D eigenvalue weighted by Gasteiger charge is 2.26. The van der Waals surface area contributed by atoms with Crippen LogP contribution in [0.1, 0.15) is 74.8 Å². The maximum atomic E-state index is 12.9. The maximum absolute atomic E-state index is 12.9. The van der Waals surface area contributed by atoms with Crippen molar-refractivity contribution in [1.29, 1.82) is 0 Å². The lowest BCUT2D eigenvalue weighted by Crippen LogP contribution is -2.44. The fourth-order valence-electron chi connectivity index (χ4n) is 8.11. The van der Waals surface area contributed by atoms with E-state index in [0.717, 1.165) is 41.5 Å². The van der Waals surface area contributed by atoms with Crippen LogP contribution in [0.4, 0.5) is 22.2 Å². The van der Waals surface area contributed by atoms with E-state index in [9.17, 15) is 44.1 Å². The van der Waals surface area contributed by atoms with Gasteiger partial charge in [0, 0.05) is 72.5 Å². The summed E-state index contributed by atoms with van der Waals surface area (Å²) in [7, 11) is 2.56. The number of nitrogens with zero attached hydrogens (tertiary/aromatic N) is 6. The number of aliphatic carboxylic acids is 1. The number of fused-ring (bicyclic) bond motifs is 4. The molecule has 444 valence electrons. The van der Waals surface area contributed by atoms with Crippen LogP contribution in [-0.2, 0) is 52.8 Å². The second kappa shape index (κ2) is 32.3. The molecule has 2 atom stereocenters. The van der Waals surface area contributed by atoms with E-state index in [1.165, 1.54) is 39.9 Å². The van der Waals surface area contributed by atoms with Gasteiger partial charge in [-0.3, -0.25) is 24.2 Å².